The molecule has 0 spiro atoms. The van der Waals surface area contributed by atoms with Crippen LogP contribution in [0.5, 0.6) is 0 Å². The molecule has 0 aromatic heterocycles. The van der Waals surface area contributed by atoms with Gasteiger partial charge in [-0.2, -0.15) is 7.05 Å². The smallest absolute Gasteiger partial charge is 0.0874 e. The second kappa shape index (κ2) is 4.14. The molecule has 0 bridgehead atoms. The van der Waals surface area contributed by atoms with Crippen molar-refractivity contribution in [2.24, 2.45) is 0 Å². The lowest BCUT2D eigenvalue weighted by Crippen LogP contribution is -2.78. The van der Waals surface area contributed by atoms with E-state index in [1.807, 2.05) is 11.4 Å². The van der Waals surface area contributed by atoms with E-state index in [4.69, 9.17) is 0 Å². The molecule has 0 fully saturated rings. The maximum Gasteiger partial charge on any atom is 0.0874 e. The fourth-order valence-corrected chi connectivity index (χ4v) is 1.24. The third-order valence-electron chi connectivity index (χ3n) is 1.95. The van der Waals surface area contributed by atoms with E-state index in [0.717, 1.165) is 6.42 Å². The SMILES string of the molecule is [CH2-][NH2+]C(CC)c1ccccc1. The van der Waals surface area contributed by atoms with E-state index >= 15 is 0 Å². The number of quaternary nitrogens is 1. The summed E-state index contributed by atoms with van der Waals surface area (Å²) in [7, 11) is 3.81. The first-order valence-electron chi connectivity index (χ1n) is 4.06. The van der Waals surface area contributed by atoms with Gasteiger partial charge in [0, 0.05) is 5.56 Å². The summed E-state index contributed by atoms with van der Waals surface area (Å²) in [6.45, 7) is 2.18. The summed E-state index contributed by atoms with van der Waals surface area (Å²) in [4.78, 5) is 0. The van der Waals surface area contributed by atoms with Crippen molar-refractivity contribution in [2.45, 2.75) is 19.4 Å². The minimum absolute atomic E-state index is 0.524. The zero-order valence-corrected chi connectivity index (χ0v) is 6.96. The molecule has 0 saturated carbocycles. The van der Waals surface area contributed by atoms with E-state index in [0.29, 0.717) is 6.04 Å². The van der Waals surface area contributed by atoms with Gasteiger partial charge >= 0.3 is 0 Å². The fourth-order valence-electron chi connectivity index (χ4n) is 1.24. The lowest BCUT2D eigenvalue weighted by atomic mass is 10.1. The van der Waals surface area contributed by atoms with Crippen LogP contribution in [0.1, 0.15) is 24.9 Å². The molecule has 2 N–H and O–H groups in total. The first kappa shape index (κ1) is 8.28. The Labute approximate surface area is 68.4 Å². The quantitative estimate of drug-likeness (QED) is 0.627. The van der Waals surface area contributed by atoms with Crippen LogP contribution in [0.3, 0.4) is 0 Å². The fraction of sp³-hybridized carbons (Fsp3) is 0.300. The molecule has 0 aliphatic rings. The van der Waals surface area contributed by atoms with Crippen molar-refractivity contribution in [3.05, 3.63) is 42.9 Å². The minimum atomic E-state index is 0.524. The van der Waals surface area contributed by atoms with Gasteiger partial charge in [-0.1, -0.05) is 37.3 Å². The molecular formula is C10H15N. The average Bonchev–Trinajstić information content (AvgIpc) is 2.09. The molecule has 0 aliphatic heterocycles. The van der Waals surface area contributed by atoms with Gasteiger partial charge in [0.1, 0.15) is 0 Å². The van der Waals surface area contributed by atoms with Crippen molar-refractivity contribution in [1.82, 2.24) is 0 Å². The molecule has 0 aliphatic carbocycles. The standard InChI is InChI=1S/C10H15N/c1-3-10(11-2)9-7-5-4-6-8-9/h4-8,10H,2-3,11H2,1H3. The molecule has 1 atom stereocenters. The van der Waals surface area contributed by atoms with Gasteiger partial charge in [-0.15, -0.1) is 0 Å². The lowest BCUT2D eigenvalue weighted by Gasteiger charge is -2.14. The van der Waals surface area contributed by atoms with Gasteiger partial charge in [0.2, 0.25) is 0 Å². The van der Waals surface area contributed by atoms with Crippen LogP contribution >= 0.6 is 0 Å². The Hall–Kier alpha value is -0.820. The molecule has 60 valence electrons. The summed E-state index contributed by atoms with van der Waals surface area (Å²) in [6, 6.07) is 11.0. The molecular weight excluding hydrogens is 134 g/mol. The van der Waals surface area contributed by atoms with Crippen molar-refractivity contribution in [2.75, 3.05) is 0 Å². The molecule has 1 aromatic rings. The van der Waals surface area contributed by atoms with Crippen LogP contribution in [0, 0.1) is 7.05 Å². The summed E-state index contributed by atoms with van der Waals surface area (Å²) in [5.74, 6) is 0. The number of hydrogen-bond acceptors (Lipinski definition) is 0. The van der Waals surface area contributed by atoms with Crippen molar-refractivity contribution < 1.29 is 5.32 Å². The molecule has 0 heterocycles. The Kier molecular flexibility index (Phi) is 3.12. The van der Waals surface area contributed by atoms with Crippen LogP contribution in [-0.4, -0.2) is 0 Å². The van der Waals surface area contributed by atoms with Gasteiger partial charge in [0.05, 0.1) is 6.04 Å². The van der Waals surface area contributed by atoms with E-state index in [1.165, 1.54) is 5.56 Å². The highest BCUT2D eigenvalue weighted by Crippen LogP contribution is 2.10. The van der Waals surface area contributed by atoms with Crippen LogP contribution in [0.25, 0.3) is 0 Å². The number of hydrogen-bond donors (Lipinski definition) is 1. The predicted molar refractivity (Wildman–Crippen MR) is 46.8 cm³/mol. The van der Waals surface area contributed by atoms with Crippen molar-refractivity contribution in [3.8, 4) is 0 Å². The summed E-state index contributed by atoms with van der Waals surface area (Å²) in [5, 5.41) is 2.01. The summed E-state index contributed by atoms with van der Waals surface area (Å²) in [6.07, 6.45) is 1.13. The maximum absolute atomic E-state index is 3.81. The van der Waals surface area contributed by atoms with Crippen LogP contribution in [-0.2, 0) is 0 Å². The van der Waals surface area contributed by atoms with Crippen molar-refractivity contribution in [1.29, 1.82) is 0 Å². The largest absolute Gasteiger partial charge is 0.473 e. The first-order valence-corrected chi connectivity index (χ1v) is 4.06. The van der Waals surface area contributed by atoms with Gasteiger partial charge < -0.3 is 5.32 Å². The molecule has 0 saturated heterocycles. The van der Waals surface area contributed by atoms with Crippen molar-refractivity contribution in [3.63, 3.8) is 0 Å². The van der Waals surface area contributed by atoms with Crippen molar-refractivity contribution >= 4 is 0 Å². The molecule has 11 heavy (non-hydrogen) atoms. The van der Waals surface area contributed by atoms with Gasteiger partial charge in [0.15, 0.2) is 0 Å². The van der Waals surface area contributed by atoms with E-state index in [9.17, 15) is 0 Å². The van der Waals surface area contributed by atoms with Gasteiger partial charge in [0.25, 0.3) is 0 Å². The normalized spacial score (nSPS) is 12.9. The lowest BCUT2D eigenvalue weighted by molar-refractivity contribution is -0.641. The number of nitrogens with two attached hydrogens (primary N) is 1. The monoisotopic (exact) mass is 149 g/mol. The second-order valence-corrected chi connectivity index (χ2v) is 2.66. The van der Waals surface area contributed by atoms with Gasteiger partial charge in [-0.05, 0) is 6.42 Å². The maximum atomic E-state index is 3.81. The Bertz CT molecular complexity index is 189. The van der Waals surface area contributed by atoms with E-state index in [-0.39, 0.29) is 0 Å². The Morgan fingerprint density at radius 2 is 2.00 bits per heavy atom. The molecule has 1 heteroatoms. The topological polar surface area (TPSA) is 16.6 Å². The van der Waals surface area contributed by atoms with E-state index in [1.54, 1.807) is 0 Å². The summed E-state index contributed by atoms with van der Waals surface area (Å²) < 4.78 is 0. The summed E-state index contributed by atoms with van der Waals surface area (Å²) >= 11 is 0. The van der Waals surface area contributed by atoms with E-state index in [2.05, 4.69) is 38.2 Å². The van der Waals surface area contributed by atoms with Crippen LogP contribution in [0.4, 0.5) is 0 Å². The minimum Gasteiger partial charge on any atom is -0.473 e. The number of benzene rings is 1. The highest BCUT2D eigenvalue weighted by molar-refractivity contribution is 5.16. The number of rotatable bonds is 3. The average molecular weight is 149 g/mol. The molecule has 0 amide bonds. The first-order chi connectivity index (χ1) is 5.38. The Balaban J connectivity index is 2.74. The molecule has 0 radical (unpaired) electrons. The molecule has 1 nitrogen and oxygen atoms in total. The highest BCUT2D eigenvalue weighted by atomic mass is 14.9. The zero-order chi connectivity index (χ0) is 8.10. The highest BCUT2D eigenvalue weighted by Gasteiger charge is 2.04. The van der Waals surface area contributed by atoms with Crippen LogP contribution in [0.15, 0.2) is 30.3 Å². The van der Waals surface area contributed by atoms with E-state index < -0.39 is 0 Å². The third-order valence-corrected chi connectivity index (χ3v) is 1.95. The van der Waals surface area contributed by atoms with Crippen LogP contribution < -0.4 is 5.32 Å². The zero-order valence-electron chi connectivity index (χ0n) is 6.96. The van der Waals surface area contributed by atoms with Crippen LogP contribution in [0.2, 0.25) is 0 Å². The predicted octanol–water partition coefficient (Wildman–Crippen LogP) is 1.49. The molecule has 1 rings (SSSR count). The Morgan fingerprint density at radius 3 is 2.45 bits per heavy atom. The molecule has 1 unspecified atom stereocenters. The Morgan fingerprint density at radius 1 is 1.36 bits per heavy atom. The third kappa shape index (κ3) is 2.05. The molecule has 1 aromatic carbocycles. The second-order valence-electron chi connectivity index (χ2n) is 2.66. The summed E-state index contributed by atoms with van der Waals surface area (Å²) in [5.41, 5.74) is 1.37. The van der Waals surface area contributed by atoms with Gasteiger partial charge in [-0.25, -0.2) is 0 Å². The van der Waals surface area contributed by atoms with Gasteiger partial charge in [-0.3, -0.25) is 0 Å².